The molecule has 17 heavy (non-hydrogen) atoms. The predicted molar refractivity (Wildman–Crippen MR) is 67.8 cm³/mol. The van der Waals surface area contributed by atoms with Gasteiger partial charge in [0.1, 0.15) is 5.75 Å². The van der Waals surface area contributed by atoms with Crippen molar-refractivity contribution in [1.29, 1.82) is 5.26 Å². The van der Waals surface area contributed by atoms with Crippen LogP contribution in [0.25, 0.3) is 21.5 Å². The van der Waals surface area contributed by atoms with Gasteiger partial charge in [-0.25, -0.2) is 0 Å². The molecule has 2 heteroatoms. The van der Waals surface area contributed by atoms with E-state index < -0.39 is 0 Å². The van der Waals surface area contributed by atoms with Crippen molar-refractivity contribution >= 4 is 21.5 Å². The molecule has 0 saturated heterocycles. The molecule has 0 fully saturated rings. The van der Waals surface area contributed by atoms with Gasteiger partial charge in [0.05, 0.1) is 11.6 Å². The number of nitriles is 1. The second-order valence-corrected chi connectivity index (χ2v) is 3.99. The minimum absolute atomic E-state index is 0.213. The Labute approximate surface area is 98.3 Å². The number of nitrogens with zero attached hydrogens (tertiary/aromatic N) is 1. The third-order valence-corrected chi connectivity index (χ3v) is 2.98. The zero-order chi connectivity index (χ0) is 11.8. The number of phenols is 1. The number of rotatable bonds is 0. The maximum atomic E-state index is 9.84. The zero-order valence-electron chi connectivity index (χ0n) is 9.01. The molecule has 0 unspecified atom stereocenters. The Kier molecular flexibility index (Phi) is 1.99. The van der Waals surface area contributed by atoms with E-state index in [1.165, 1.54) is 0 Å². The van der Waals surface area contributed by atoms with Gasteiger partial charge in [-0.1, -0.05) is 24.3 Å². The summed E-state index contributed by atoms with van der Waals surface area (Å²) in [5.41, 5.74) is 0.587. The van der Waals surface area contributed by atoms with Crippen molar-refractivity contribution in [3.63, 3.8) is 0 Å². The van der Waals surface area contributed by atoms with E-state index >= 15 is 0 Å². The molecule has 0 heterocycles. The molecule has 80 valence electrons. The number of hydrogen-bond acceptors (Lipinski definition) is 2. The van der Waals surface area contributed by atoms with Crippen molar-refractivity contribution in [2.24, 2.45) is 0 Å². The summed E-state index contributed by atoms with van der Waals surface area (Å²) >= 11 is 0. The largest absolute Gasteiger partial charge is 0.507 e. The zero-order valence-corrected chi connectivity index (χ0v) is 9.01. The molecule has 0 aromatic heterocycles. The molecule has 2 nitrogen and oxygen atoms in total. The average Bonchev–Trinajstić information content (AvgIpc) is 2.38. The van der Waals surface area contributed by atoms with Gasteiger partial charge in [-0.15, -0.1) is 0 Å². The van der Waals surface area contributed by atoms with E-state index in [0.29, 0.717) is 5.56 Å². The van der Waals surface area contributed by atoms with Crippen LogP contribution in [0.15, 0.2) is 48.5 Å². The minimum atomic E-state index is 0.213. The number of benzene rings is 3. The molecule has 1 N–H and O–H groups in total. The molecule has 0 aliphatic carbocycles. The van der Waals surface area contributed by atoms with Crippen molar-refractivity contribution < 1.29 is 5.11 Å². The summed E-state index contributed by atoms with van der Waals surface area (Å²) in [6, 6.07) is 17.1. The molecule has 0 spiro atoms. The molecular formula is C15H9NO. The molecule has 0 saturated carbocycles. The van der Waals surface area contributed by atoms with Gasteiger partial charge in [-0.05, 0) is 35.0 Å². The van der Waals surface area contributed by atoms with Crippen molar-refractivity contribution in [3.05, 3.63) is 54.1 Å². The average molecular weight is 219 g/mol. The van der Waals surface area contributed by atoms with Gasteiger partial charge >= 0.3 is 0 Å². The van der Waals surface area contributed by atoms with E-state index in [9.17, 15) is 5.11 Å². The summed E-state index contributed by atoms with van der Waals surface area (Å²) in [6.07, 6.45) is 0. The van der Waals surface area contributed by atoms with Gasteiger partial charge in [-0.2, -0.15) is 5.26 Å². The molecule has 0 radical (unpaired) electrons. The smallest absolute Gasteiger partial charge is 0.123 e. The molecule has 3 rings (SSSR count). The first-order chi connectivity index (χ1) is 8.29. The van der Waals surface area contributed by atoms with E-state index in [1.807, 2.05) is 36.4 Å². The van der Waals surface area contributed by atoms with Crippen LogP contribution in [-0.4, -0.2) is 5.11 Å². The summed E-state index contributed by atoms with van der Waals surface area (Å²) in [5.74, 6) is 0.213. The van der Waals surface area contributed by atoms with Gasteiger partial charge in [0.15, 0.2) is 0 Å². The Morgan fingerprint density at radius 2 is 1.53 bits per heavy atom. The standard InChI is InChI=1S/C15H9NO/c16-9-12-5-6-15(17)14-8-11-4-2-1-3-10(11)7-13(12)14/h1-8,17H. The fourth-order valence-electron chi connectivity index (χ4n) is 2.11. The number of hydrogen-bond donors (Lipinski definition) is 1. The fourth-order valence-corrected chi connectivity index (χ4v) is 2.11. The Hall–Kier alpha value is -2.53. The normalized spacial score (nSPS) is 10.5. The van der Waals surface area contributed by atoms with E-state index in [4.69, 9.17) is 5.26 Å². The monoisotopic (exact) mass is 219 g/mol. The first-order valence-electron chi connectivity index (χ1n) is 5.34. The second-order valence-electron chi connectivity index (χ2n) is 3.99. The van der Waals surface area contributed by atoms with Gasteiger partial charge in [0, 0.05) is 10.8 Å². The Morgan fingerprint density at radius 3 is 2.18 bits per heavy atom. The SMILES string of the molecule is N#Cc1ccc(O)c2cc3ccccc3cc12. The molecule has 3 aromatic rings. The topological polar surface area (TPSA) is 44.0 Å². The first-order valence-corrected chi connectivity index (χ1v) is 5.34. The Bertz CT molecular complexity index is 769. The van der Waals surface area contributed by atoms with E-state index in [0.717, 1.165) is 21.5 Å². The van der Waals surface area contributed by atoms with Crippen LogP contribution in [0.3, 0.4) is 0 Å². The highest BCUT2D eigenvalue weighted by molar-refractivity contribution is 6.03. The Morgan fingerprint density at radius 1 is 0.882 bits per heavy atom. The van der Waals surface area contributed by atoms with Gasteiger partial charge in [-0.3, -0.25) is 0 Å². The van der Waals surface area contributed by atoms with Crippen LogP contribution in [0.5, 0.6) is 5.75 Å². The highest BCUT2D eigenvalue weighted by Crippen LogP contribution is 2.31. The van der Waals surface area contributed by atoms with Crippen molar-refractivity contribution in [2.75, 3.05) is 0 Å². The molecule has 0 amide bonds. The molecule has 3 aromatic carbocycles. The van der Waals surface area contributed by atoms with Crippen molar-refractivity contribution in [3.8, 4) is 11.8 Å². The fraction of sp³-hybridized carbons (Fsp3) is 0. The maximum Gasteiger partial charge on any atom is 0.123 e. The lowest BCUT2D eigenvalue weighted by Crippen LogP contribution is -1.82. The van der Waals surface area contributed by atoms with Gasteiger partial charge in [0.25, 0.3) is 0 Å². The van der Waals surface area contributed by atoms with Crippen LogP contribution >= 0.6 is 0 Å². The highest BCUT2D eigenvalue weighted by atomic mass is 16.3. The Balaban J connectivity index is 2.56. The van der Waals surface area contributed by atoms with Crippen LogP contribution in [0.1, 0.15) is 5.56 Å². The lowest BCUT2D eigenvalue weighted by Gasteiger charge is -2.05. The molecule has 0 aliphatic rings. The minimum Gasteiger partial charge on any atom is -0.507 e. The lowest BCUT2D eigenvalue weighted by atomic mass is 9.99. The van der Waals surface area contributed by atoms with Gasteiger partial charge in [0.2, 0.25) is 0 Å². The van der Waals surface area contributed by atoms with Crippen LogP contribution in [0, 0.1) is 11.3 Å². The van der Waals surface area contributed by atoms with Crippen molar-refractivity contribution in [2.45, 2.75) is 0 Å². The molecular weight excluding hydrogens is 210 g/mol. The third-order valence-electron chi connectivity index (χ3n) is 2.98. The number of fused-ring (bicyclic) bond motifs is 2. The maximum absolute atomic E-state index is 9.84. The van der Waals surface area contributed by atoms with Crippen LogP contribution in [0.2, 0.25) is 0 Å². The summed E-state index contributed by atoms with van der Waals surface area (Å²) in [5, 5.41) is 22.6. The van der Waals surface area contributed by atoms with Crippen LogP contribution in [-0.2, 0) is 0 Å². The summed E-state index contributed by atoms with van der Waals surface area (Å²) in [6.45, 7) is 0. The summed E-state index contributed by atoms with van der Waals surface area (Å²) < 4.78 is 0. The van der Waals surface area contributed by atoms with E-state index in [2.05, 4.69) is 6.07 Å². The first kappa shape index (κ1) is 9.68. The predicted octanol–water partition coefficient (Wildman–Crippen LogP) is 3.57. The number of aromatic hydroxyl groups is 1. The summed E-state index contributed by atoms with van der Waals surface area (Å²) in [7, 11) is 0. The summed E-state index contributed by atoms with van der Waals surface area (Å²) in [4.78, 5) is 0. The van der Waals surface area contributed by atoms with Gasteiger partial charge < -0.3 is 5.11 Å². The molecule has 0 bridgehead atoms. The van der Waals surface area contributed by atoms with Crippen LogP contribution < -0.4 is 0 Å². The highest BCUT2D eigenvalue weighted by Gasteiger charge is 2.06. The van der Waals surface area contributed by atoms with E-state index in [1.54, 1.807) is 12.1 Å². The lowest BCUT2D eigenvalue weighted by molar-refractivity contribution is 0.481. The third kappa shape index (κ3) is 1.41. The number of phenolic OH excluding ortho intramolecular Hbond substituents is 1. The van der Waals surface area contributed by atoms with E-state index in [-0.39, 0.29) is 5.75 Å². The molecule has 0 aliphatic heterocycles. The van der Waals surface area contributed by atoms with Crippen LogP contribution in [0.4, 0.5) is 0 Å². The quantitative estimate of drug-likeness (QED) is 0.587. The molecule has 0 atom stereocenters. The second kappa shape index (κ2) is 3.50. The van der Waals surface area contributed by atoms with Crippen molar-refractivity contribution in [1.82, 2.24) is 0 Å².